The van der Waals surface area contributed by atoms with E-state index in [1.807, 2.05) is 31.2 Å². The number of hydrogen-bond acceptors (Lipinski definition) is 3. The molecule has 1 aliphatic rings. The predicted octanol–water partition coefficient (Wildman–Crippen LogP) is 3.64. The molecule has 1 aliphatic heterocycles. The molecule has 2 aromatic carbocycles. The van der Waals surface area contributed by atoms with Gasteiger partial charge in [0.15, 0.2) is 5.96 Å². The normalized spacial score (nSPS) is 21.5. The molecule has 2 aromatic rings. The summed E-state index contributed by atoms with van der Waals surface area (Å²) in [6.45, 7) is 2.50. The SMILES string of the molecule is CC1(c2ccccc2Br)CN=C(N)N1c1ccccc1F. The van der Waals surface area contributed by atoms with Crippen molar-refractivity contribution in [2.24, 2.45) is 10.7 Å². The van der Waals surface area contributed by atoms with Gasteiger partial charge in [-0.05, 0) is 30.7 Å². The van der Waals surface area contributed by atoms with E-state index in [1.165, 1.54) is 6.07 Å². The van der Waals surface area contributed by atoms with Crippen LogP contribution in [-0.2, 0) is 5.54 Å². The van der Waals surface area contributed by atoms with Crippen molar-refractivity contribution < 1.29 is 4.39 Å². The van der Waals surface area contributed by atoms with E-state index in [1.54, 1.807) is 23.1 Å². The fraction of sp³-hybridized carbons (Fsp3) is 0.188. The molecule has 3 rings (SSSR count). The number of nitrogens with two attached hydrogens (primary N) is 1. The number of hydrogen-bond donors (Lipinski definition) is 1. The first-order chi connectivity index (χ1) is 10.0. The average Bonchev–Trinajstić information content (AvgIpc) is 2.77. The molecule has 0 saturated heterocycles. The zero-order valence-electron chi connectivity index (χ0n) is 11.6. The van der Waals surface area contributed by atoms with Crippen LogP contribution in [0.3, 0.4) is 0 Å². The summed E-state index contributed by atoms with van der Waals surface area (Å²) in [5.74, 6) is 0.0224. The molecule has 0 radical (unpaired) electrons. The molecule has 0 aromatic heterocycles. The van der Waals surface area contributed by atoms with Crippen LogP contribution in [0.2, 0.25) is 0 Å². The molecule has 0 aliphatic carbocycles. The number of anilines is 1. The maximum absolute atomic E-state index is 14.2. The summed E-state index contributed by atoms with van der Waals surface area (Å²) in [6.07, 6.45) is 0. The molecule has 1 heterocycles. The molecule has 0 spiro atoms. The maximum Gasteiger partial charge on any atom is 0.196 e. The second-order valence-electron chi connectivity index (χ2n) is 5.21. The van der Waals surface area contributed by atoms with Gasteiger partial charge in [0.05, 0.1) is 17.8 Å². The Morgan fingerprint density at radius 2 is 1.86 bits per heavy atom. The van der Waals surface area contributed by atoms with Crippen LogP contribution in [0.1, 0.15) is 12.5 Å². The van der Waals surface area contributed by atoms with Crippen molar-refractivity contribution in [1.82, 2.24) is 0 Å². The molecule has 5 heteroatoms. The summed E-state index contributed by atoms with van der Waals surface area (Å²) < 4.78 is 15.2. The van der Waals surface area contributed by atoms with Crippen LogP contribution < -0.4 is 10.6 Å². The Morgan fingerprint density at radius 3 is 2.57 bits per heavy atom. The third-order valence-electron chi connectivity index (χ3n) is 3.82. The van der Waals surface area contributed by atoms with Gasteiger partial charge >= 0.3 is 0 Å². The van der Waals surface area contributed by atoms with Crippen LogP contribution in [0.25, 0.3) is 0 Å². The van der Waals surface area contributed by atoms with Crippen LogP contribution in [-0.4, -0.2) is 12.5 Å². The molecule has 21 heavy (non-hydrogen) atoms. The lowest BCUT2D eigenvalue weighted by molar-refractivity contribution is 0.518. The van der Waals surface area contributed by atoms with E-state index < -0.39 is 5.54 Å². The lowest BCUT2D eigenvalue weighted by atomic mass is 9.90. The molecule has 1 atom stereocenters. The van der Waals surface area contributed by atoms with Gasteiger partial charge in [-0.3, -0.25) is 9.89 Å². The van der Waals surface area contributed by atoms with Gasteiger partial charge in [-0.1, -0.05) is 46.3 Å². The minimum Gasteiger partial charge on any atom is -0.369 e. The molecule has 0 amide bonds. The fourth-order valence-electron chi connectivity index (χ4n) is 2.76. The van der Waals surface area contributed by atoms with Crippen LogP contribution in [0.5, 0.6) is 0 Å². The first-order valence-corrected chi connectivity index (χ1v) is 7.43. The zero-order valence-corrected chi connectivity index (χ0v) is 13.1. The first-order valence-electron chi connectivity index (χ1n) is 6.64. The third kappa shape index (κ3) is 2.21. The third-order valence-corrected chi connectivity index (χ3v) is 4.51. The molecule has 0 saturated carbocycles. The Bertz CT molecular complexity index is 716. The van der Waals surface area contributed by atoms with Crippen molar-refractivity contribution in [3.8, 4) is 0 Å². The standard InChI is InChI=1S/C16H15BrFN3/c1-16(11-6-2-3-7-12(11)17)10-20-15(19)21(16)14-9-5-4-8-13(14)18/h2-9H,10H2,1H3,(H2,19,20). The van der Waals surface area contributed by atoms with Crippen LogP contribution in [0, 0.1) is 5.82 Å². The Labute approximate surface area is 131 Å². The first kappa shape index (κ1) is 14.1. The topological polar surface area (TPSA) is 41.6 Å². The van der Waals surface area contributed by atoms with Crippen molar-refractivity contribution in [3.05, 3.63) is 64.4 Å². The minimum atomic E-state index is -0.521. The zero-order chi connectivity index (χ0) is 15.0. The summed E-state index contributed by atoms with van der Waals surface area (Å²) in [7, 11) is 0. The van der Waals surface area contributed by atoms with Crippen LogP contribution >= 0.6 is 15.9 Å². The second kappa shape index (κ2) is 5.15. The number of halogens is 2. The van der Waals surface area contributed by atoms with E-state index in [0.29, 0.717) is 18.2 Å². The molecule has 0 fully saturated rings. The van der Waals surface area contributed by atoms with E-state index in [-0.39, 0.29) is 5.82 Å². The van der Waals surface area contributed by atoms with Crippen molar-refractivity contribution >= 4 is 27.6 Å². The summed E-state index contributed by atoms with van der Waals surface area (Å²) in [5.41, 5.74) is 6.98. The largest absolute Gasteiger partial charge is 0.369 e. The van der Waals surface area contributed by atoms with E-state index in [9.17, 15) is 4.39 Å². The second-order valence-corrected chi connectivity index (χ2v) is 6.07. The number of benzene rings is 2. The molecular formula is C16H15BrFN3. The highest BCUT2D eigenvalue weighted by atomic mass is 79.9. The maximum atomic E-state index is 14.2. The Morgan fingerprint density at radius 1 is 1.19 bits per heavy atom. The van der Waals surface area contributed by atoms with Gasteiger partial charge in [-0.15, -0.1) is 0 Å². The van der Waals surface area contributed by atoms with E-state index in [2.05, 4.69) is 20.9 Å². The Hall–Kier alpha value is -1.88. The van der Waals surface area contributed by atoms with Crippen LogP contribution in [0.15, 0.2) is 58.0 Å². The van der Waals surface area contributed by atoms with Gasteiger partial charge in [0.25, 0.3) is 0 Å². The van der Waals surface area contributed by atoms with Gasteiger partial charge in [-0.2, -0.15) is 0 Å². The van der Waals surface area contributed by atoms with Gasteiger partial charge < -0.3 is 5.73 Å². The average molecular weight is 348 g/mol. The summed E-state index contributed by atoms with van der Waals surface area (Å²) in [5, 5.41) is 0. The fourth-order valence-corrected chi connectivity index (χ4v) is 3.47. The summed E-state index contributed by atoms with van der Waals surface area (Å²) >= 11 is 3.57. The van der Waals surface area contributed by atoms with Crippen LogP contribution in [0.4, 0.5) is 10.1 Å². The van der Waals surface area contributed by atoms with Gasteiger partial charge in [-0.25, -0.2) is 4.39 Å². The van der Waals surface area contributed by atoms with Gasteiger partial charge in [0, 0.05) is 4.47 Å². The highest BCUT2D eigenvalue weighted by Crippen LogP contribution is 2.40. The quantitative estimate of drug-likeness (QED) is 0.900. The number of aliphatic imine (C=N–C) groups is 1. The number of guanidine groups is 1. The molecular weight excluding hydrogens is 333 g/mol. The monoisotopic (exact) mass is 347 g/mol. The molecule has 2 N–H and O–H groups in total. The number of para-hydroxylation sites is 1. The molecule has 0 bridgehead atoms. The highest BCUT2D eigenvalue weighted by Gasteiger charge is 2.42. The molecule has 1 unspecified atom stereocenters. The van der Waals surface area contributed by atoms with E-state index in [0.717, 1.165) is 10.0 Å². The van der Waals surface area contributed by atoms with Crippen molar-refractivity contribution in [1.29, 1.82) is 0 Å². The number of rotatable bonds is 2. The van der Waals surface area contributed by atoms with Gasteiger partial charge in [0.2, 0.25) is 0 Å². The predicted molar refractivity (Wildman–Crippen MR) is 86.9 cm³/mol. The minimum absolute atomic E-state index is 0.309. The molecule has 3 nitrogen and oxygen atoms in total. The lowest BCUT2D eigenvalue weighted by Crippen LogP contribution is -2.48. The van der Waals surface area contributed by atoms with E-state index >= 15 is 0 Å². The summed E-state index contributed by atoms with van der Waals surface area (Å²) in [4.78, 5) is 6.10. The van der Waals surface area contributed by atoms with Gasteiger partial charge in [0.1, 0.15) is 5.82 Å². The smallest absolute Gasteiger partial charge is 0.196 e. The van der Waals surface area contributed by atoms with Crippen molar-refractivity contribution in [2.75, 3.05) is 11.4 Å². The molecule has 108 valence electrons. The van der Waals surface area contributed by atoms with Crippen molar-refractivity contribution in [3.63, 3.8) is 0 Å². The number of nitrogens with zero attached hydrogens (tertiary/aromatic N) is 2. The van der Waals surface area contributed by atoms with Crippen molar-refractivity contribution in [2.45, 2.75) is 12.5 Å². The van der Waals surface area contributed by atoms with E-state index in [4.69, 9.17) is 5.73 Å². The highest BCUT2D eigenvalue weighted by molar-refractivity contribution is 9.10. The lowest BCUT2D eigenvalue weighted by Gasteiger charge is -2.37. The summed E-state index contributed by atoms with van der Waals surface area (Å²) in [6, 6.07) is 14.5. The Kier molecular flexibility index (Phi) is 3.45. The Balaban J connectivity index is 2.16.